The van der Waals surface area contributed by atoms with E-state index in [0.717, 1.165) is 43.4 Å². The number of benzene rings is 1. The van der Waals surface area contributed by atoms with Crippen LogP contribution in [-0.2, 0) is 11.3 Å². The van der Waals surface area contributed by atoms with E-state index in [-0.39, 0.29) is 29.9 Å². The standard InChI is InChI=1S/C19H27N7O.HI/c1-20-18(27)12-15-8-10-25(11-9-15)19(21-2)22-13-17-24-23-14-26(17)16-6-4-3-5-7-16;/h3-7,14-15H,8-13H2,1-2H3,(H,20,27)(H,21,22);1H. The van der Waals surface area contributed by atoms with Gasteiger partial charge in [0.15, 0.2) is 11.8 Å². The first kappa shape index (κ1) is 22.1. The Kier molecular flexibility index (Phi) is 8.68. The van der Waals surface area contributed by atoms with Crippen molar-refractivity contribution in [1.29, 1.82) is 0 Å². The van der Waals surface area contributed by atoms with Gasteiger partial charge in [0.2, 0.25) is 5.91 Å². The number of carbonyl (C=O) groups excluding carboxylic acids is 1. The molecule has 0 spiro atoms. The van der Waals surface area contributed by atoms with Gasteiger partial charge >= 0.3 is 0 Å². The van der Waals surface area contributed by atoms with Crippen molar-refractivity contribution in [1.82, 2.24) is 30.3 Å². The number of carbonyl (C=O) groups is 1. The van der Waals surface area contributed by atoms with Gasteiger partial charge in [0, 0.05) is 39.3 Å². The van der Waals surface area contributed by atoms with Crippen molar-refractivity contribution in [3.05, 3.63) is 42.5 Å². The zero-order valence-electron chi connectivity index (χ0n) is 16.3. The van der Waals surface area contributed by atoms with E-state index >= 15 is 0 Å². The molecule has 1 aliphatic heterocycles. The van der Waals surface area contributed by atoms with Crippen LogP contribution in [0.15, 0.2) is 41.7 Å². The van der Waals surface area contributed by atoms with E-state index in [4.69, 9.17) is 0 Å². The number of halogens is 1. The lowest BCUT2D eigenvalue weighted by atomic mass is 9.93. The van der Waals surface area contributed by atoms with Gasteiger partial charge in [-0.15, -0.1) is 34.2 Å². The van der Waals surface area contributed by atoms with E-state index in [1.165, 1.54) is 0 Å². The molecule has 1 saturated heterocycles. The first-order chi connectivity index (χ1) is 13.2. The molecule has 2 heterocycles. The van der Waals surface area contributed by atoms with Crippen molar-refractivity contribution in [3.8, 4) is 5.69 Å². The summed E-state index contributed by atoms with van der Waals surface area (Å²) in [6.45, 7) is 2.33. The van der Waals surface area contributed by atoms with Crippen LogP contribution in [0.25, 0.3) is 5.69 Å². The lowest BCUT2D eigenvalue weighted by Crippen LogP contribution is -2.46. The molecule has 1 amide bonds. The molecule has 1 aliphatic rings. The largest absolute Gasteiger partial charge is 0.359 e. The summed E-state index contributed by atoms with van der Waals surface area (Å²) in [7, 11) is 3.48. The molecule has 9 heteroatoms. The number of aliphatic imine (C=N–C) groups is 1. The van der Waals surface area contributed by atoms with Gasteiger partial charge in [0.05, 0.1) is 6.54 Å². The number of piperidine rings is 1. The van der Waals surface area contributed by atoms with Crippen LogP contribution in [-0.4, -0.2) is 58.7 Å². The third kappa shape index (κ3) is 5.66. The fraction of sp³-hybridized carbons (Fsp3) is 0.474. The monoisotopic (exact) mass is 497 g/mol. The predicted octanol–water partition coefficient (Wildman–Crippen LogP) is 1.81. The van der Waals surface area contributed by atoms with Crippen LogP contribution in [0.4, 0.5) is 0 Å². The molecular formula is C19H28IN7O. The minimum absolute atomic E-state index is 0. The Morgan fingerprint density at radius 1 is 1.25 bits per heavy atom. The molecule has 152 valence electrons. The van der Waals surface area contributed by atoms with Crippen molar-refractivity contribution in [3.63, 3.8) is 0 Å². The minimum Gasteiger partial charge on any atom is -0.359 e. The summed E-state index contributed by atoms with van der Waals surface area (Å²) in [4.78, 5) is 18.2. The van der Waals surface area contributed by atoms with Crippen LogP contribution in [0.2, 0.25) is 0 Å². The smallest absolute Gasteiger partial charge is 0.220 e. The fourth-order valence-electron chi connectivity index (χ4n) is 3.39. The molecule has 1 aromatic carbocycles. The van der Waals surface area contributed by atoms with Gasteiger partial charge in [-0.25, -0.2) is 0 Å². The molecule has 0 radical (unpaired) electrons. The number of nitrogens with zero attached hydrogens (tertiary/aromatic N) is 5. The van der Waals surface area contributed by atoms with E-state index in [1.807, 2.05) is 34.9 Å². The highest BCUT2D eigenvalue weighted by Crippen LogP contribution is 2.20. The molecule has 0 bridgehead atoms. The number of hydrogen-bond donors (Lipinski definition) is 2. The molecule has 2 aromatic rings. The van der Waals surface area contributed by atoms with Crippen LogP contribution >= 0.6 is 24.0 Å². The van der Waals surface area contributed by atoms with E-state index < -0.39 is 0 Å². The summed E-state index contributed by atoms with van der Waals surface area (Å²) in [6, 6.07) is 10.0. The Balaban J connectivity index is 0.00000280. The van der Waals surface area contributed by atoms with Gasteiger partial charge in [0.1, 0.15) is 6.33 Å². The number of nitrogens with one attached hydrogen (secondary N) is 2. The Morgan fingerprint density at radius 2 is 1.96 bits per heavy atom. The Labute approximate surface area is 182 Å². The second-order valence-corrected chi connectivity index (χ2v) is 6.66. The maximum absolute atomic E-state index is 11.6. The van der Waals surface area contributed by atoms with Crippen LogP contribution in [0.3, 0.4) is 0 Å². The SMILES string of the molecule is CN=C(NCc1nncn1-c1ccccc1)N1CCC(CC(=O)NC)CC1.I. The number of hydrogen-bond acceptors (Lipinski definition) is 4. The third-order valence-electron chi connectivity index (χ3n) is 4.94. The molecule has 1 aromatic heterocycles. The molecule has 28 heavy (non-hydrogen) atoms. The molecular weight excluding hydrogens is 469 g/mol. The highest BCUT2D eigenvalue weighted by molar-refractivity contribution is 14.0. The third-order valence-corrected chi connectivity index (χ3v) is 4.94. The molecule has 0 saturated carbocycles. The number of para-hydroxylation sites is 1. The number of likely N-dealkylation sites (tertiary alicyclic amines) is 1. The van der Waals surface area contributed by atoms with Crippen molar-refractivity contribution in [2.24, 2.45) is 10.9 Å². The Hall–Kier alpha value is -2.17. The lowest BCUT2D eigenvalue weighted by molar-refractivity contribution is -0.121. The molecule has 0 atom stereocenters. The summed E-state index contributed by atoms with van der Waals surface area (Å²) in [5.74, 6) is 2.25. The van der Waals surface area contributed by atoms with Crippen molar-refractivity contribution in [2.45, 2.75) is 25.8 Å². The van der Waals surface area contributed by atoms with Crippen molar-refractivity contribution < 1.29 is 4.79 Å². The summed E-state index contributed by atoms with van der Waals surface area (Å²) < 4.78 is 1.97. The maximum Gasteiger partial charge on any atom is 0.220 e. The molecule has 1 fully saturated rings. The van der Waals surface area contributed by atoms with E-state index in [9.17, 15) is 4.79 Å². The normalized spacial score (nSPS) is 15.1. The van der Waals surface area contributed by atoms with Gasteiger partial charge in [-0.05, 0) is 30.9 Å². The molecule has 3 rings (SSSR count). The van der Waals surface area contributed by atoms with Crippen LogP contribution in [0, 0.1) is 5.92 Å². The molecule has 0 aliphatic carbocycles. The second-order valence-electron chi connectivity index (χ2n) is 6.66. The first-order valence-corrected chi connectivity index (χ1v) is 9.31. The van der Waals surface area contributed by atoms with Gasteiger partial charge in [0.25, 0.3) is 0 Å². The van der Waals surface area contributed by atoms with Crippen molar-refractivity contribution in [2.75, 3.05) is 27.2 Å². The van der Waals surface area contributed by atoms with E-state index in [0.29, 0.717) is 18.9 Å². The average molecular weight is 497 g/mol. The summed E-state index contributed by atoms with van der Waals surface area (Å²) in [6.07, 6.45) is 4.32. The highest BCUT2D eigenvalue weighted by Gasteiger charge is 2.23. The number of guanidine groups is 1. The molecule has 0 unspecified atom stereocenters. The summed E-state index contributed by atoms with van der Waals surface area (Å²) in [5.41, 5.74) is 1.03. The average Bonchev–Trinajstić information content (AvgIpc) is 3.19. The van der Waals surface area contributed by atoms with Crippen LogP contribution in [0.1, 0.15) is 25.1 Å². The predicted molar refractivity (Wildman–Crippen MR) is 120 cm³/mol. The zero-order valence-corrected chi connectivity index (χ0v) is 18.7. The second kappa shape index (κ2) is 11.0. The number of amides is 1. The first-order valence-electron chi connectivity index (χ1n) is 9.31. The van der Waals surface area contributed by atoms with Crippen LogP contribution < -0.4 is 10.6 Å². The van der Waals surface area contributed by atoms with Crippen LogP contribution in [0.5, 0.6) is 0 Å². The number of rotatable bonds is 5. The summed E-state index contributed by atoms with van der Waals surface area (Å²) in [5, 5.41) is 14.4. The summed E-state index contributed by atoms with van der Waals surface area (Å²) >= 11 is 0. The molecule has 8 nitrogen and oxygen atoms in total. The number of aromatic nitrogens is 3. The van der Waals surface area contributed by atoms with Gasteiger partial charge in [-0.3, -0.25) is 14.4 Å². The van der Waals surface area contributed by atoms with E-state index in [2.05, 4.69) is 30.7 Å². The van der Waals surface area contributed by atoms with Gasteiger partial charge in [-0.2, -0.15) is 0 Å². The highest BCUT2D eigenvalue weighted by atomic mass is 127. The Bertz CT molecular complexity index is 770. The lowest BCUT2D eigenvalue weighted by Gasteiger charge is -2.34. The fourth-order valence-corrected chi connectivity index (χ4v) is 3.39. The van der Waals surface area contributed by atoms with E-state index in [1.54, 1.807) is 20.4 Å². The van der Waals surface area contributed by atoms with Gasteiger partial charge in [-0.1, -0.05) is 18.2 Å². The zero-order chi connectivity index (χ0) is 19.1. The van der Waals surface area contributed by atoms with Gasteiger partial charge < -0.3 is 15.5 Å². The topological polar surface area (TPSA) is 87.4 Å². The quantitative estimate of drug-likeness (QED) is 0.374. The minimum atomic E-state index is 0. The maximum atomic E-state index is 11.6. The Morgan fingerprint density at radius 3 is 2.61 bits per heavy atom. The van der Waals surface area contributed by atoms with Crippen molar-refractivity contribution >= 4 is 35.8 Å². The molecule has 2 N–H and O–H groups in total.